The van der Waals surface area contributed by atoms with Crippen molar-refractivity contribution in [3.8, 4) is 11.5 Å². The first-order valence-corrected chi connectivity index (χ1v) is 16.3. The number of carbonyl (C=O) groups is 3. The predicted molar refractivity (Wildman–Crippen MR) is 174 cm³/mol. The van der Waals surface area contributed by atoms with E-state index in [1.807, 2.05) is 72.1 Å². The van der Waals surface area contributed by atoms with Crippen molar-refractivity contribution in [1.82, 2.24) is 30.1 Å². The summed E-state index contributed by atoms with van der Waals surface area (Å²) in [6.07, 6.45) is 0.557. The van der Waals surface area contributed by atoms with Crippen LogP contribution in [-0.2, 0) is 16.1 Å². The van der Waals surface area contributed by atoms with Crippen LogP contribution in [0.15, 0.2) is 72.1 Å². The Morgan fingerprint density at radius 1 is 0.978 bits per heavy atom. The highest BCUT2D eigenvalue weighted by molar-refractivity contribution is 7.17. The largest absolute Gasteiger partial charge is 0.493 e. The molecule has 2 bridgehead atoms. The third-order valence-corrected chi connectivity index (χ3v) is 9.71. The van der Waals surface area contributed by atoms with Crippen LogP contribution in [0.3, 0.4) is 0 Å². The van der Waals surface area contributed by atoms with Gasteiger partial charge >= 0.3 is 0 Å². The van der Waals surface area contributed by atoms with Gasteiger partial charge in [-0.1, -0.05) is 36.4 Å². The number of ether oxygens (including phenoxy) is 2. The quantitative estimate of drug-likeness (QED) is 0.317. The van der Waals surface area contributed by atoms with Gasteiger partial charge in [-0.25, -0.2) is 0 Å². The summed E-state index contributed by atoms with van der Waals surface area (Å²) in [6, 6.07) is 21.0. The van der Waals surface area contributed by atoms with Gasteiger partial charge in [0.1, 0.15) is 24.2 Å². The van der Waals surface area contributed by atoms with Gasteiger partial charge in [0.05, 0.1) is 25.1 Å². The van der Waals surface area contributed by atoms with E-state index in [1.54, 1.807) is 28.2 Å². The standard InChI is InChI=1S/C34H34N6O5S/c1-44-29-12-11-22-17-30(29)45-16-15-38(32(41)20-40-36-27-8-3-4-9-28(27)37-40)14-6-13-35-33(42)25-19-39(18-24(22)25)34(43)26-21-46-31-10-5-2-7-23(26)31/h2-5,7-12,17,21,24-25H,6,13-16,18-20H2,1H3,(H,35,42)/t24-,25+/m1/s1. The summed E-state index contributed by atoms with van der Waals surface area (Å²) in [5.74, 6) is 0.0746. The Labute approximate surface area is 269 Å². The first-order chi connectivity index (χ1) is 22.5. The lowest BCUT2D eigenvalue weighted by atomic mass is 9.88. The number of hydrogen-bond acceptors (Lipinski definition) is 8. The van der Waals surface area contributed by atoms with Gasteiger partial charge in [-0.3, -0.25) is 14.4 Å². The molecular weight excluding hydrogens is 604 g/mol. The summed E-state index contributed by atoms with van der Waals surface area (Å²) in [6.45, 7) is 2.11. The summed E-state index contributed by atoms with van der Waals surface area (Å²) in [7, 11) is 1.58. The van der Waals surface area contributed by atoms with Crippen LogP contribution in [0, 0.1) is 5.92 Å². The molecule has 1 saturated heterocycles. The van der Waals surface area contributed by atoms with Crippen molar-refractivity contribution in [2.45, 2.75) is 18.9 Å². The number of aromatic nitrogens is 3. The van der Waals surface area contributed by atoms with E-state index < -0.39 is 5.92 Å². The van der Waals surface area contributed by atoms with Crippen LogP contribution >= 0.6 is 11.3 Å². The van der Waals surface area contributed by atoms with E-state index >= 15 is 0 Å². The number of methoxy groups -OCH3 is 1. The number of likely N-dealkylation sites (tertiary alicyclic amines) is 1. The molecule has 1 fully saturated rings. The summed E-state index contributed by atoms with van der Waals surface area (Å²) >= 11 is 1.55. The molecule has 0 saturated carbocycles. The molecule has 4 heterocycles. The van der Waals surface area contributed by atoms with Crippen LogP contribution in [0.5, 0.6) is 11.5 Å². The first-order valence-electron chi connectivity index (χ1n) is 15.4. The number of fused-ring (bicyclic) bond motifs is 6. The van der Waals surface area contributed by atoms with Gasteiger partial charge in [-0.2, -0.15) is 15.0 Å². The Morgan fingerprint density at radius 3 is 2.54 bits per heavy atom. The fraction of sp³-hybridized carbons (Fsp3) is 0.324. The van der Waals surface area contributed by atoms with E-state index in [0.717, 1.165) is 26.7 Å². The zero-order chi connectivity index (χ0) is 31.6. The van der Waals surface area contributed by atoms with Crippen molar-refractivity contribution >= 4 is 50.2 Å². The van der Waals surface area contributed by atoms with Crippen molar-refractivity contribution < 1.29 is 23.9 Å². The topological polar surface area (TPSA) is 119 Å². The molecule has 0 radical (unpaired) electrons. The van der Waals surface area contributed by atoms with Crippen LogP contribution in [0.4, 0.5) is 0 Å². The van der Waals surface area contributed by atoms with E-state index in [2.05, 4.69) is 15.5 Å². The highest BCUT2D eigenvalue weighted by atomic mass is 32.1. The molecule has 0 unspecified atom stereocenters. The first kappa shape index (κ1) is 29.7. The molecule has 7 rings (SSSR count). The molecule has 3 amide bonds. The third kappa shape index (κ3) is 5.87. The lowest BCUT2D eigenvalue weighted by Crippen LogP contribution is -2.40. The van der Waals surface area contributed by atoms with Crippen LogP contribution in [0.25, 0.3) is 21.1 Å². The van der Waals surface area contributed by atoms with E-state index in [4.69, 9.17) is 9.47 Å². The Kier molecular flexibility index (Phi) is 8.27. The molecule has 1 N–H and O–H groups in total. The number of rotatable bonds is 4. The molecule has 236 valence electrons. The molecule has 2 aliphatic rings. The summed E-state index contributed by atoms with van der Waals surface area (Å²) in [4.78, 5) is 45.8. The Hall–Kier alpha value is -4.97. The number of nitrogens with zero attached hydrogens (tertiary/aromatic N) is 5. The number of carbonyl (C=O) groups excluding carboxylic acids is 3. The summed E-state index contributed by atoms with van der Waals surface area (Å²) in [5.41, 5.74) is 3.00. The van der Waals surface area contributed by atoms with Gasteiger partial charge in [0.25, 0.3) is 5.91 Å². The molecule has 2 atom stereocenters. The van der Waals surface area contributed by atoms with E-state index in [0.29, 0.717) is 56.2 Å². The molecule has 11 nitrogen and oxygen atoms in total. The van der Waals surface area contributed by atoms with Gasteiger partial charge in [0.15, 0.2) is 11.5 Å². The number of hydrogen-bond donors (Lipinski definition) is 1. The smallest absolute Gasteiger partial charge is 0.255 e. The number of nitrogens with one attached hydrogen (secondary N) is 1. The Bertz CT molecular complexity index is 1890. The minimum atomic E-state index is -0.448. The Morgan fingerprint density at radius 2 is 1.74 bits per heavy atom. The molecule has 0 aliphatic carbocycles. The molecule has 46 heavy (non-hydrogen) atoms. The van der Waals surface area contributed by atoms with Crippen LogP contribution < -0.4 is 14.8 Å². The van der Waals surface area contributed by atoms with Gasteiger partial charge in [0, 0.05) is 47.6 Å². The fourth-order valence-electron chi connectivity index (χ4n) is 6.36. The Balaban J connectivity index is 1.11. The third-order valence-electron chi connectivity index (χ3n) is 8.75. The van der Waals surface area contributed by atoms with Crippen molar-refractivity contribution in [3.63, 3.8) is 0 Å². The zero-order valence-electron chi connectivity index (χ0n) is 25.4. The average Bonchev–Trinajstić information content (AvgIpc) is 3.81. The van der Waals surface area contributed by atoms with E-state index in [1.165, 1.54) is 4.80 Å². The van der Waals surface area contributed by atoms with Crippen LogP contribution in [0.2, 0.25) is 0 Å². The van der Waals surface area contributed by atoms with Gasteiger partial charge in [-0.05, 0) is 42.3 Å². The number of amides is 3. The predicted octanol–water partition coefficient (Wildman–Crippen LogP) is 3.94. The molecule has 3 aromatic carbocycles. The molecule has 2 aliphatic heterocycles. The van der Waals surface area contributed by atoms with E-state index in [-0.39, 0.29) is 36.8 Å². The molecule has 2 aromatic heterocycles. The zero-order valence-corrected chi connectivity index (χ0v) is 26.2. The fourth-order valence-corrected chi connectivity index (χ4v) is 7.29. The minimum absolute atomic E-state index is 0.00706. The number of benzene rings is 3. The summed E-state index contributed by atoms with van der Waals surface area (Å²) < 4.78 is 12.9. The molecule has 12 heteroatoms. The van der Waals surface area contributed by atoms with Crippen molar-refractivity contribution in [2.24, 2.45) is 5.92 Å². The lowest BCUT2D eigenvalue weighted by Gasteiger charge is -2.25. The minimum Gasteiger partial charge on any atom is -0.493 e. The van der Waals surface area contributed by atoms with Crippen molar-refractivity contribution in [3.05, 3.63) is 83.2 Å². The normalized spacial score (nSPS) is 18.9. The van der Waals surface area contributed by atoms with Gasteiger partial charge < -0.3 is 24.6 Å². The van der Waals surface area contributed by atoms with Gasteiger partial charge in [0.2, 0.25) is 11.8 Å². The average molecular weight is 639 g/mol. The second kappa shape index (κ2) is 12.8. The highest BCUT2D eigenvalue weighted by Gasteiger charge is 2.41. The van der Waals surface area contributed by atoms with Gasteiger partial charge in [-0.15, -0.1) is 11.3 Å². The summed E-state index contributed by atoms with van der Waals surface area (Å²) in [5, 5.41) is 14.8. The van der Waals surface area contributed by atoms with E-state index in [9.17, 15) is 14.4 Å². The lowest BCUT2D eigenvalue weighted by molar-refractivity contribution is -0.132. The second-order valence-electron chi connectivity index (χ2n) is 11.6. The SMILES string of the molecule is COc1ccc2cc1OCCN(C(=O)Cn1nc3ccccc3n1)CCCNC(=O)[C@H]1CN(C(=O)c3csc4ccccc34)C[C@H]21. The van der Waals surface area contributed by atoms with Crippen LogP contribution in [-0.4, -0.2) is 89.0 Å². The van der Waals surface area contributed by atoms with Crippen molar-refractivity contribution in [1.29, 1.82) is 0 Å². The maximum Gasteiger partial charge on any atom is 0.255 e. The number of thiophene rings is 1. The maximum absolute atomic E-state index is 13.8. The van der Waals surface area contributed by atoms with Crippen LogP contribution in [0.1, 0.15) is 28.3 Å². The van der Waals surface area contributed by atoms with Crippen molar-refractivity contribution in [2.75, 3.05) is 46.4 Å². The molecule has 5 aromatic rings. The molecule has 0 spiro atoms. The monoisotopic (exact) mass is 638 g/mol. The molecular formula is C34H34N6O5S. The second-order valence-corrected chi connectivity index (χ2v) is 12.5. The maximum atomic E-state index is 13.8. The highest BCUT2D eigenvalue weighted by Crippen LogP contribution is 2.39.